The van der Waals surface area contributed by atoms with Crippen molar-refractivity contribution in [2.75, 3.05) is 7.11 Å². The Morgan fingerprint density at radius 1 is 1.25 bits per heavy atom. The van der Waals surface area contributed by atoms with Crippen molar-refractivity contribution in [1.29, 1.82) is 0 Å². The molecular formula is C20H18BClF2O4. The third-order valence-electron chi connectivity index (χ3n) is 4.54. The number of methoxy groups -OCH3 is 1. The van der Waals surface area contributed by atoms with Crippen LogP contribution in [0, 0.1) is 11.6 Å². The van der Waals surface area contributed by atoms with Crippen molar-refractivity contribution >= 4 is 30.2 Å². The molecule has 3 rings (SSSR count). The van der Waals surface area contributed by atoms with Gasteiger partial charge in [0.05, 0.1) is 24.9 Å². The predicted octanol–water partition coefficient (Wildman–Crippen LogP) is 4.04. The zero-order valence-corrected chi connectivity index (χ0v) is 16.4. The fourth-order valence-electron chi connectivity index (χ4n) is 2.86. The Bertz CT molecular complexity index is 938. The normalized spacial score (nSPS) is 15.5. The Labute approximate surface area is 167 Å². The minimum absolute atomic E-state index is 0.0103. The molecule has 4 nitrogen and oxygen atoms in total. The summed E-state index contributed by atoms with van der Waals surface area (Å²) in [4.78, 5) is 11.4. The summed E-state index contributed by atoms with van der Waals surface area (Å²) in [6.07, 6.45) is 0.0103. The lowest BCUT2D eigenvalue weighted by atomic mass is 9.78. The van der Waals surface area contributed by atoms with Crippen LogP contribution in [-0.4, -0.2) is 25.8 Å². The molecule has 0 atom stereocenters. The summed E-state index contributed by atoms with van der Waals surface area (Å²) in [7, 11) is 0.331. The summed E-state index contributed by atoms with van der Waals surface area (Å²) in [5.41, 5.74) is -0.0746. The minimum Gasteiger partial charge on any atom is -0.534 e. The first-order valence-electron chi connectivity index (χ1n) is 8.51. The first-order valence-corrected chi connectivity index (χ1v) is 8.88. The van der Waals surface area contributed by atoms with Gasteiger partial charge in [0.15, 0.2) is 0 Å². The number of carbonyl (C=O) groups is 1. The number of benzene rings is 2. The molecule has 1 aliphatic heterocycles. The number of hydrogen-bond donors (Lipinski definition) is 0. The van der Waals surface area contributed by atoms with Gasteiger partial charge in [0.1, 0.15) is 17.2 Å². The summed E-state index contributed by atoms with van der Waals surface area (Å²) in [6, 6.07) is 6.82. The standard InChI is InChI=1S/C20H18BClF2O4/c1-11-20(2,3)28-21(27-11)13-9-16(23)19(17(24)10-13)14-6-5-12(7-15(14)22)8-18(25)26-4/h5-7,9-10H,1,8H2,2-4H3. The maximum absolute atomic E-state index is 14.8. The van der Waals surface area contributed by atoms with Gasteiger partial charge in [-0.05, 0) is 37.6 Å². The number of carbonyl (C=O) groups excluding carboxylic acids is 1. The third kappa shape index (κ3) is 3.91. The maximum Gasteiger partial charge on any atom is 0.563 e. The second-order valence-corrected chi connectivity index (χ2v) is 7.33. The molecule has 2 aromatic carbocycles. The van der Waals surface area contributed by atoms with Crippen LogP contribution in [0.25, 0.3) is 11.1 Å². The van der Waals surface area contributed by atoms with Crippen molar-refractivity contribution in [2.24, 2.45) is 0 Å². The van der Waals surface area contributed by atoms with E-state index in [1.807, 2.05) is 0 Å². The predicted molar refractivity (Wildman–Crippen MR) is 103 cm³/mol. The molecule has 0 aromatic heterocycles. The van der Waals surface area contributed by atoms with E-state index in [2.05, 4.69) is 11.3 Å². The van der Waals surface area contributed by atoms with E-state index in [4.69, 9.17) is 20.9 Å². The van der Waals surface area contributed by atoms with Gasteiger partial charge in [-0.3, -0.25) is 4.79 Å². The molecule has 0 amide bonds. The summed E-state index contributed by atoms with van der Waals surface area (Å²) in [6.45, 7) is 7.27. The molecule has 8 heteroatoms. The Hall–Kier alpha value is -2.38. The van der Waals surface area contributed by atoms with Gasteiger partial charge in [0, 0.05) is 16.0 Å². The molecule has 2 aromatic rings. The Kier molecular flexibility index (Phi) is 5.50. The van der Waals surface area contributed by atoms with Gasteiger partial charge in [0.2, 0.25) is 0 Å². The monoisotopic (exact) mass is 406 g/mol. The van der Waals surface area contributed by atoms with E-state index in [-0.39, 0.29) is 28.0 Å². The summed E-state index contributed by atoms with van der Waals surface area (Å²) >= 11 is 6.21. The maximum atomic E-state index is 14.8. The summed E-state index contributed by atoms with van der Waals surface area (Å²) in [5.74, 6) is -1.67. The highest BCUT2D eigenvalue weighted by atomic mass is 35.5. The molecule has 0 radical (unpaired) electrons. The first-order chi connectivity index (χ1) is 13.1. The van der Waals surface area contributed by atoms with E-state index >= 15 is 0 Å². The molecule has 1 fully saturated rings. The molecule has 146 valence electrons. The van der Waals surface area contributed by atoms with Crippen LogP contribution in [-0.2, 0) is 25.3 Å². The lowest BCUT2D eigenvalue weighted by Gasteiger charge is -2.15. The van der Waals surface area contributed by atoms with E-state index in [1.54, 1.807) is 19.9 Å². The van der Waals surface area contributed by atoms with Crippen molar-refractivity contribution < 1.29 is 27.6 Å². The second kappa shape index (κ2) is 7.56. The number of halogens is 3. The topological polar surface area (TPSA) is 44.8 Å². The summed E-state index contributed by atoms with van der Waals surface area (Å²) < 4.78 is 45.3. The molecule has 0 N–H and O–H groups in total. The number of rotatable bonds is 4. The number of esters is 1. The quantitative estimate of drug-likeness (QED) is 0.568. The van der Waals surface area contributed by atoms with Crippen LogP contribution in [0.2, 0.25) is 5.02 Å². The fourth-order valence-corrected chi connectivity index (χ4v) is 3.16. The highest BCUT2D eigenvalue weighted by Crippen LogP contribution is 2.34. The largest absolute Gasteiger partial charge is 0.563 e. The van der Waals surface area contributed by atoms with Crippen LogP contribution in [0.1, 0.15) is 19.4 Å². The lowest BCUT2D eigenvalue weighted by molar-refractivity contribution is -0.139. The highest BCUT2D eigenvalue weighted by Gasteiger charge is 2.43. The molecule has 28 heavy (non-hydrogen) atoms. The third-order valence-corrected chi connectivity index (χ3v) is 4.85. The zero-order chi connectivity index (χ0) is 20.6. The molecular weight excluding hydrogens is 388 g/mol. The van der Waals surface area contributed by atoms with Crippen LogP contribution in [0.4, 0.5) is 8.78 Å². The van der Waals surface area contributed by atoms with Crippen LogP contribution in [0.3, 0.4) is 0 Å². The van der Waals surface area contributed by atoms with Crippen molar-refractivity contribution in [3.05, 3.63) is 64.9 Å². The van der Waals surface area contributed by atoms with Gasteiger partial charge in [-0.15, -0.1) is 0 Å². The Morgan fingerprint density at radius 3 is 2.39 bits per heavy atom. The molecule has 1 saturated heterocycles. The van der Waals surface area contributed by atoms with Crippen LogP contribution in [0.5, 0.6) is 0 Å². The van der Waals surface area contributed by atoms with E-state index in [0.29, 0.717) is 11.3 Å². The molecule has 0 bridgehead atoms. The van der Waals surface area contributed by atoms with Gasteiger partial charge < -0.3 is 14.0 Å². The number of ether oxygens (including phenoxy) is 1. The van der Waals surface area contributed by atoms with Gasteiger partial charge in [-0.25, -0.2) is 8.78 Å². The zero-order valence-electron chi connectivity index (χ0n) is 15.6. The van der Waals surface area contributed by atoms with Crippen molar-refractivity contribution in [3.8, 4) is 11.1 Å². The minimum atomic E-state index is -0.946. The van der Waals surface area contributed by atoms with Crippen LogP contribution >= 0.6 is 11.6 Å². The SMILES string of the molecule is C=C1OB(c2cc(F)c(-c3ccc(CC(=O)OC)cc3Cl)c(F)c2)OC1(C)C. The van der Waals surface area contributed by atoms with Crippen molar-refractivity contribution in [3.63, 3.8) is 0 Å². The molecule has 1 aliphatic rings. The molecule has 0 spiro atoms. The molecule has 1 heterocycles. The first kappa shape index (κ1) is 20.4. The molecule has 0 saturated carbocycles. The van der Waals surface area contributed by atoms with Gasteiger partial charge in [-0.1, -0.05) is 30.3 Å². The highest BCUT2D eigenvalue weighted by molar-refractivity contribution is 6.62. The van der Waals surface area contributed by atoms with Gasteiger partial charge in [-0.2, -0.15) is 0 Å². The smallest absolute Gasteiger partial charge is 0.534 e. The van der Waals surface area contributed by atoms with Crippen molar-refractivity contribution in [1.82, 2.24) is 0 Å². The Balaban J connectivity index is 1.94. The Morgan fingerprint density at radius 2 is 1.89 bits per heavy atom. The van der Waals surface area contributed by atoms with E-state index in [1.165, 1.54) is 19.2 Å². The lowest BCUT2D eigenvalue weighted by Crippen LogP contribution is -2.35. The van der Waals surface area contributed by atoms with E-state index in [0.717, 1.165) is 12.1 Å². The van der Waals surface area contributed by atoms with E-state index in [9.17, 15) is 13.6 Å². The van der Waals surface area contributed by atoms with Crippen LogP contribution in [0.15, 0.2) is 42.7 Å². The fraction of sp³-hybridized carbons (Fsp3) is 0.250. The van der Waals surface area contributed by atoms with Gasteiger partial charge in [0.25, 0.3) is 0 Å². The second-order valence-electron chi connectivity index (χ2n) is 6.93. The van der Waals surface area contributed by atoms with Crippen LogP contribution < -0.4 is 5.46 Å². The summed E-state index contributed by atoms with van der Waals surface area (Å²) in [5, 5.41) is 0.120. The average Bonchev–Trinajstić information content (AvgIpc) is 2.89. The van der Waals surface area contributed by atoms with Gasteiger partial charge >= 0.3 is 13.1 Å². The molecule has 0 aliphatic carbocycles. The van der Waals surface area contributed by atoms with E-state index < -0.39 is 30.3 Å². The average molecular weight is 407 g/mol. The van der Waals surface area contributed by atoms with Crippen molar-refractivity contribution in [2.45, 2.75) is 25.9 Å². The number of hydrogen-bond acceptors (Lipinski definition) is 4. The molecule has 0 unspecified atom stereocenters.